The maximum atomic E-state index is 12.5. The average molecular weight is 270 g/mol. The van der Waals surface area contributed by atoms with Gasteiger partial charge in [-0.15, -0.1) is 0 Å². The molecule has 5 heteroatoms. The van der Waals surface area contributed by atoms with Gasteiger partial charge in [-0.1, -0.05) is 20.8 Å². The average Bonchev–Trinajstić information content (AvgIpc) is 2.36. The summed E-state index contributed by atoms with van der Waals surface area (Å²) in [5.74, 6) is -0.526. The molecule has 110 valence electrons. The number of esters is 1. The third kappa shape index (κ3) is 3.93. The summed E-state index contributed by atoms with van der Waals surface area (Å²) in [4.78, 5) is 25.5. The molecule has 5 nitrogen and oxygen atoms in total. The largest absolute Gasteiger partial charge is 0.469 e. The predicted octanol–water partition coefficient (Wildman–Crippen LogP) is 1.03. The number of rotatable bonds is 4. The van der Waals surface area contributed by atoms with E-state index >= 15 is 0 Å². The van der Waals surface area contributed by atoms with E-state index in [1.807, 2.05) is 0 Å². The van der Waals surface area contributed by atoms with Gasteiger partial charge in [0.1, 0.15) is 0 Å². The molecule has 19 heavy (non-hydrogen) atoms. The van der Waals surface area contributed by atoms with Gasteiger partial charge in [0.05, 0.1) is 19.1 Å². The molecule has 0 bridgehead atoms. The highest BCUT2D eigenvalue weighted by Gasteiger charge is 2.38. The molecule has 1 saturated heterocycles. The zero-order valence-electron chi connectivity index (χ0n) is 12.7. The Morgan fingerprint density at radius 2 is 2.11 bits per heavy atom. The third-order valence-electron chi connectivity index (χ3n) is 3.90. The van der Waals surface area contributed by atoms with Crippen molar-refractivity contribution >= 4 is 11.9 Å². The van der Waals surface area contributed by atoms with Crippen molar-refractivity contribution in [3.05, 3.63) is 0 Å². The highest BCUT2D eigenvalue weighted by atomic mass is 16.5. The van der Waals surface area contributed by atoms with E-state index in [0.29, 0.717) is 6.54 Å². The summed E-state index contributed by atoms with van der Waals surface area (Å²) in [7, 11) is 3.11. The molecule has 1 heterocycles. The second kappa shape index (κ2) is 6.37. The summed E-state index contributed by atoms with van der Waals surface area (Å²) in [6.45, 7) is 7.26. The van der Waals surface area contributed by atoms with E-state index in [1.54, 1.807) is 18.9 Å². The number of likely N-dealkylation sites (N-methyl/N-ethyl adjacent to an activating group) is 1. The number of methoxy groups -OCH3 is 1. The van der Waals surface area contributed by atoms with E-state index in [1.165, 1.54) is 7.11 Å². The van der Waals surface area contributed by atoms with Gasteiger partial charge >= 0.3 is 5.97 Å². The summed E-state index contributed by atoms with van der Waals surface area (Å²) in [5.41, 5.74) is -0.0436. The zero-order valence-corrected chi connectivity index (χ0v) is 12.7. The summed E-state index contributed by atoms with van der Waals surface area (Å²) in [6, 6.07) is -0.170. The van der Waals surface area contributed by atoms with Gasteiger partial charge in [0.2, 0.25) is 5.91 Å². The van der Waals surface area contributed by atoms with Crippen molar-refractivity contribution in [2.24, 2.45) is 11.3 Å². The minimum Gasteiger partial charge on any atom is -0.469 e. The normalized spacial score (nSPS) is 23.5. The number of nitrogens with one attached hydrogen (secondary N) is 1. The fraction of sp³-hybridized carbons (Fsp3) is 0.857. The fourth-order valence-electron chi connectivity index (χ4n) is 2.63. The lowest BCUT2D eigenvalue weighted by molar-refractivity contribution is -0.146. The summed E-state index contributed by atoms with van der Waals surface area (Å²) in [5, 5.41) is 3.30. The van der Waals surface area contributed by atoms with Crippen molar-refractivity contribution in [2.45, 2.75) is 39.7 Å². The molecule has 1 aliphatic rings. The molecular weight excluding hydrogens is 244 g/mol. The Morgan fingerprint density at radius 3 is 2.63 bits per heavy atom. The molecule has 2 unspecified atom stereocenters. The highest BCUT2D eigenvalue weighted by Crippen LogP contribution is 2.31. The molecule has 0 aliphatic carbocycles. The molecular formula is C14H26N2O3. The Hall–Kier alpha value is -1.10. The Morgan fingerprint density at radius 1 is 1.47 bits per heavy atom. The van der Waals surface area contributed by atoms with Crippen LogP contribution in [0, 0.1) is 11.3 Å². The number of hydrogen-bond acceptors (Lipinski definition) is 4. The number of amides is 1. The van der Waals surface area contributed by atoms with E-state index in [0.717, 1.165) is 19.4 Å². The van der Waals surface area contributed by atoms with Crippen LogP contribution in [0.3, 0.4) is 0 Å². The van der Waals surface area contributed by atoms with Crippen LogP contribution in [0.2, 0.25) is 0 Å². The molecule has 0 spiro atoms. The maximum absolute atomic E-state index is 12.5. The van der Waals surface area contributed by atoms with Crippen LogP contribution >= 0.6 is 0 Å². The zero-order chi connectivity index (χ0) is 14.6. The molecule has 0 radical (unpaired) electrons. The van der Waals surface area contributed by atoms with Crippen molar-refractivity contribution < 1.29 is 14.3 Å². The molecule has 1 amide bonds. The molecule has 0 aromatic rings. The van der Waals surface area contributed by atoms with E-state index < -0.39 is 0 Å². The van der Waals surface area contributed by atoms with Gasteiger partial charge in [0.15, 0.2) is 0 Å². The second-order valence-corrected chi connectivity index (χ2v) is 6.12. The molecule has 0 aromatic carbocycles. The monoisotopic (exact) mass is 270 g/mol. The Labute approximate surface area is 115 Å². The lowest BCUT2D eigenvalue weighted by atomic mass is 9.77. The third-order valence-corrected chi connectivity index (χ3v) is 3.90. The first-order valence-corrected chi connectivity index (χ1v) is 6.86. The van der Waals surface area contributed by atoms with Gasteiger partial charge in [-0.05, 0) is 24.8 Å². The number of nitrogens with zero attached hydrogens (tertiary/aromatic N) is 1. The molecule has 1 N–H and O–H groups in total. The Bertz CT molecular complexity index is 342. The van der Waals surface area contributed by atoms with E-state index in [2.05, 4.69) is 23.9 Å². The topological polar surface area (TPSA) is 58.6 Å². The lowest BCUT2D eigenvalue weighted by Crippen LogP contribution is -2.56. The SMILES string of the molecule is COC(=O)C(C)CN(C)C(=O)C1NCCCC1(C)C. The van der Waals surface area contributed by atoms with Crippen LogP contribution < -0.4 is 5.32 Å². The Balaban J connectivity index is 2.63. The highest BCUT2D eigenvalue weighted by molar-refractivity contribution is 5.83. The van der Waals surface area contributed by atoms with Gasteiger partial charge in [-0.25, -0.2) is 0 Å². The maximum Gasteiger partial charge on any atom is 0.310 e. The molecule has 1 aliphatic heterocycles. The quantitative estimate of drug-likeness (QED) is 0.775. The first kappa shape index (κ1) is 16.0. The minimum absolute atomic E-state index is 0.0436. The standard InChI is InChI=1S/C14H26N2O3/c1-10(13(18)19-5)9-16(4)12(17)11-14(2,3)7-6-8-15-11/h10-11,15H,6-9H2,1-5H3. The van der Waals surface area contributed by atoms with Crippen molar-refractivity contribution in [3.63, 3.8) is 0 Å². The van der Waals surface area contributed by atoms with Gasteiger partial charge in [-0.2, -0.15) is 0 Å². The van der Waals surface area contributed by atoms with Crippen molar-refractivity contribution in [1.29, 1.82) is 0 Å². The second-order valence-electron chi connectivity index (χ2n) is 6.12. The van der Waals surface area contributed by atoms with Crippen LogP contribution in [0.5, 0.6) is 0 Å². The van der Waals surface area contributed by atoms with Crippen molar-refractivity contribution in [2.75, 3.05) is 27.2 Å². The molecule has 1 fully saturated rings. The van der Waals surface area contributed by atoms with E-state index in [4.69, 9.17) is 0 Å². The molecule has 0 saturated carbocycles. The smallest absolute Gasteiger partial charge is 0.310 e. The van der Waals surface area contributed by atoms with Crippen LogP contribution in [-0.4, -0.2) is 50.1 Å². The van der Waals surface area contributed by atoms with Crippen LogP contribution in [0.4, 0.5) is 0 Å². The fourth-order valence-corrected chi connectivity index (χ4v) is 2.63. The summed E-state index contributed by atoms with van der Waals surface area (Å²) in [6.07, 6.45) is 2.13. The van der Waals surface area contributed by atoms with Crippen LogP contribution in [-0.2, 0) is 14.3 Å². The van der Waals surface area contributed by atoms with Crippen molar-refractivity contribution in [1.82, 2.24) is 10.2 Å². The molecule has 2 atom stereocenters. The first-order chi connectivity index (χ1) is 8.79. The summed E-state index contributed by atoms with van der Waals surface area (Å²) >= 11 is 0. The first-order valence-electron chi connectivity index (χ1n) is 6.86. The van der Waals surface area contributed by atoms with Crippen LogP contribution in [0.1, 0.15) is 33.6 Å². The number of carbonyl (C=O) groups excluding carboxylic acids is 2. The van der Waals surface area contributed by atoms with Crippen LogP contribution in [0.15, 0.2) is 0 Å². The lowest BCUT2D eigenvalue weighted by Gasteiger charge is -2.40. The molecule has 0 aromatic heterocycles. The molecule has 1 rings (SSSR count). The van der Waals surface area contributed by atoms with Gasteiger partial charge in [0.25, 0.3) is 0 Å². The van der Waals surface area contributed by atoms with Gasteiger partial charge in [-0.3, -0.25) is 9.59 Å². The number of ether oxygens (including phenoxy) is 1. The van der Waals surface area contributed by atoms with Crippen LogP contribution in [0.25, 0.3) is 0 Å². The number of piperidine rings is 1. The van der Waals surface area contributed by atoms with Crippen molar-refractivity contribution in [3.8, 4) is 0 Å². The minimum atomic E-state index is -0.300. The van der Waals surface area contributed by atoms with Gasteiger partial charge in [0, 0.05) is 13.6 Å². The predicted molar refractivity (Wildman–Crippen MR) is 73.6 cm³/mol. The Kier molecular flexibility index (Phi) is 5.35. The summed E-state index contributed by atoms with van der Waals surface area (Å²) < 4.78 is 4.69. The van der Waals surface area contributed by atoms with Gasteiger partial charge < -0.3 is 15.0 Å². The number of carbonyl (C=O) groups is 2. The van der Waals surface area contributed by atoms with E-state index in [-0.39, 0.29) is 29.3 Å². The number of hydrogen-bond donors (Lipinski definition) is 1. The van der Waals surface area contributed by atoms with E-state index in [9.17, 15) is 9.59 Å².